The molecule has 3 aliphatic heterocycles. The monoisotopic (exact) mass is 307 g/mol. The first-order valence-corrected chi connectivity index (χ1v) is 8.38. The second kappa shape index (κ2) is 5.69. The molecule has 1 spiro atoms. The van der Waals surface area contributed by atoms with E-state index in [0.717, 1.165) is 19.3 Å². The Morgan fingerprint density at radius 2 is 2.32 bits per heavy atom. The van der Waals surface area contributed by atoms with Crippen LogP contribution in [0.4, 0.5) is 0 Å². The third-order valence-electron chi connectivity index (χ3n) is 5.27. The summed E-state index contributed by atoms with van der Waals surface area (Å²) < 4.78 is 11.4. The van der Waals surface area contributed by atoms with Crippen molar-refractivity contribution < 1.29 is 19.1 Å². The number of rotatable bonds is 6. The van der Waals surface area contributed by atoms with Crippen molar-refractivity contribution in [2.75, 3.05) is 13.2 Å². The third kappa shape index (κ3) is 2.18. The quantitative estimate of drug-likeness (QED) is 0.427. The number of unbranched alkanes of at least 4 members (excludes halogenated alkanes) is 1. The Bertz CT molecular complexity index is 503. The molecule has 3 aliphatic rings. The number of carbonyl (C=O) groups excluding carboxylic acids is 2. The fourth-order valence-corrected chi connectivity index (χ4v) is 3.80. The maximum absolute atomic E-state index is 12.8. The van der Waals surface area contributed by atoms with Crippen molar-refractivity contribution >= 4 is 11.9 Å². The van der Waals surface area contributed by atoms with Crippen LogP contribution in [0, 0.1) is 11.8 Å². The highest BCUT2D eigenvalue weighted by Crippen LogP contribution is 2.52. The van der Waals surface area contributed by atoms with E-state index in [4.69, 9.17) is 9.47 Å². The molecule has 2 fully saturated rings. The number of amides is 1. The second-order valence-electron chi connectivity index (χ2n) is 6.64. The van der Waals surface area contributed by atoms with Crippen LogP contribution in [-0.2, 0) is 19.1 Å². The van der Waals surface area contributed by atoms with Crippen molar-refractivity contribution in [2.24, 2.45) is 11.8 Å². The summed E-state index contributed by atoms with van der Waals surface area (Å²) in [7, 11) is 0. The van der Waals surface area contributed by atoms with E-state index in [2.05, 4.69) is 13.8 Å². The fourth-order valence-electron chi connectivity index (χ4n) is 3.80. The average Bonchev–Trinajstić information content (AvgIpc) is 3.15. The first-order valence-electron chi connectivity index (χ1n) is 8.38. The SMILES string of the molecule is CCCCOC(=O)[C@H]1[C@@H]2C=C[C@]3(CN([C@H](C)CC)C(=O)[C@H]13)O2. The topological polar surface area (TPSA) is 55.8 Å². The molecule has 3 heterocycles. The van der Waals surface area contributed by atoms with Gasteiger partial charge in [0.2, 0.25) is 5.91 Å². The Morgan fingerprint density at radius 1 is 1.55 bits per heavy atom. The highest BCUT2D eigenvalue weighted by molar-refractivity contribution is 5.91. The largest absolute Gasteiger partial charge is 0.465 e. The second-order valence-corrected chi connectivity index (χ2v) is 6.64. The Labute approximate surface area is 131 Å². The van der Waals surface area contributed by atoms with Crippen LogP contribution in [0.1, 0.15) is 40.0 Å². The zero-order valence-electron chi connectivity index (χ0n) is 13.6. The fraction of sp³-hybridized carbons (Fsp3) is 0.765. The molecule has 0 aromatic heterocycles. The van der Waals surface area contributed by atoms with Crippen molar-refractivity contribution in [3.05, 3.63) is 12.2 Å². The van der Waals surface area contributed by atoms with Crippen LogP contribution in [-0.4, -0.2) is 47.7 Å². The predicted octanol–water partition coefficient (Wildman–Crippen LogP) is 1.91. The van der Waals surface area contributed by atoms with Crippen LogP contribution in [0.5, 0.6) is 0 Å². The molecule has 0 aliphatic carbocycles. The summed E-state index contributed by atoms with van der Waals surface area (Å²) in [6, 6.07) is 0.167. The molecule has 0 radical (unpaired) electrons. The lowest BCUT2D eigenvalue weighted by atomic mass is 9.77. The van der Waals surface area contributed by atoms with Gasteiger partial charge in [-0.05, 0) is 19.8 Å². The third-order valence-corrected chi connectivity index (χ3v) is 5.27. The van der Waals surface area contributed by atoms with Gasteiger partial charge in [0.25, 0.3) is 0 Å². The van der Waals surface area contributed by atoms with Gasteiger partial charge in [0.1, 0.15) is 11.5 Å². The van der Waals surface area contributed by atoms with E-state index in [9.17, 15) is 9.59 Å². The van der Waals surface area contributed by atoms with Gasteiger partial charge in [0.05, 0.1) is 25.2 Å². The summed E-state index contributed by atoms with van der Waals surface area (Å²) in [5, 5.41) is 0. The maximum atomic E-state index is 12.8. The molecule has 2 saturated heterocycles. The molecular weight excluding hydrogens is 282 g/mol. The Kier molecular flexibility index (Phi) is 4.02. The van der Waals surface area contributed by atoms with Crippen LogP contribution in [0.3, 0.4) is 0 Å². The molecule has 0 unspecified atom stereocenters. The molecular formula is C17H25NO4. The molecule has 0 aromatic carbocycles. The standard InChI is InChI=1S/C17H25NO4/c1-4-6-9-21-16(20)13-12-7-8-17(22-12)10-18(11(3)5-2)15(19)14(13)17/h7-8,11-14H,4-6,9-10H2,1-3H3/t11-,12+,13+,14+,17-/m1/s1. The zero-order valence-corrected chi connectivity index (χ0v) is 13.6. The molecule has 22 heavy (non-hydrogen) atoms. The van der Waals surface area contributed by atoms with E-state index in [-0.39, 0.29) is 24.0 Å². The molecule has 2 bridgehead atoms. The normalized spacial score (nSPS) is 36.8. The lowest BCUT2D eigenvalue weighted by Gasteiger charge is -2.26. The Morgan fingerprint density at radius 3 is 3.00 bits per heavy atom. The molecule has 3 rings (SSSR count). The summed E-state index contributed by atoms with van der Waals surface area (Å²) in [4.78, 5) is 27.1. The number of likely N-dealkylation sites (tertiary alicyclic amines) is 1. The van der Waals surface area contributed by atoms with Gasteiger partial charge in [-0.1, -0.05) is 32.4 Å². The molecule has 5 heteroatoms. The van der Waals surface area contributed by atoms with Gasteiger partial charge in [-0.25, -0.2) is 0 Å². The lowest BCUT2D eigenvalue weighted by molar-refractivity contribution is -0.154. The van der Waals surface area contributed by atoms with Gasteiger partial charge in [0, 0.05) is 6.04 Å². The maximum Gasteiger partial charge on any atom is 0.312 e. The number of hydrogen-bond acceptors (Lipinski definition) is 4. The molecule has 0 N–H and O–H groups in total. The number of hydrogen-bond donors (Lipinski definition) is 0. The summed E-state index contributed by atoms with van der Waals surface area (Å²) in [5.74, 6) is -1.14. The van der Waals surface area contributed by atoms with Crippen molar-refractivity contribution in [3.8, 4) is 0 Å². The van der Waals surface area contributed by atoms with Crippen LogP contribution >= 0.6 is 0 Å². The number of fused-ring (bicyclic) bond motifs is 1. The molecule has 0 aromatic rings. The van der Waals surface area contributed by atoms with E-state index in [0.29, 0.717) is 13.2 Å². The van der Waals surface area contributed by atoms with E-state index >= 15 is 0 Å². The van der Waals surface area contributed by atoms with Crippen LogP contribution < -0.4 is 0 Å². The average molecular weight is 307 g/mol. The predicted molar refractivity (Wildman–Crippen MR) is 81.1 cm³/mol. The minimum absolute atomic E-state index is 0.0404. The molecule has 1 amide bonds. The summed E-state index contributed by atoms with van der Waals surface area (Å²) in [6.45, 7) is 7.13. The number of ether oxygens (including phenoxy) is 2. The van der Waals surface area contributed by atoms with Crippen LogP contribution in [0.25, 0.3) is 0 Å². The Hall–Kier alpha value is -1.36. The van der Waals surface area contributed by atoms with Gasteiger partial charge in [-0.2, -0.15) is 0 Å². The van der Waals surface area contributed by atoms with Gasteiger partial charge in [-0.15, -0.1) is 0 Å². The highest BCUT2D eigenvalue weighted by atomic mass is 16.6. The minimum atomic E-state index is -0.611. The van der Waals surface area contributed by atoms with Crippen LogP contribution in [0.15, 0.2) is 12.2 Å². The van der Waals surface area contributed by atoms with Gasteiger partial charge >= 0.3 is 5.97 Å². The summed E-state index contributed by atoms with van der Waals surface area (Å²) in [5.41, 5.74) is -0.611. The molecule has 5 nitrogen and oxygen atoms in total. The van der Waals surface area contributed by atoms with Crippen molar-refractivity contribution in [2.45, 2.75) is 57.8 Å². The van der Waals surface area contributed by atoms with E-state index in [1.165, 1.54) is 0 Å². The summed E-state index contributed by atoms with van der Waals surface area (Å²) >= 11 is 0. The lowest BCUT2D eigenvalue weighted by Crippen LogP contribution is -2.41. The van der Waals surface area contributed by atoms with Gasteiger partial charge < -0.3 is 14.4 Å². The van der Waals surface area contributed by atoms with Gasteiger partial charge in [0.15, 0.2) is 0 Å². The van der Waals surface area contributed by atoms with Crippen LogP contribution in [0.2, 0.25) is 0 Å². The van der Waals surface area contributed by atoms with Gasteiger partial charge in [-0.3, -0.25) is 9.59 Å². The smallest absolute Gasteiger partial charge is 0.312 e. The first kappa shape index (κ1) is 15.5. The van der Waals surface area contributed by atoms with Crippen molar-refractivity contribution in [3.63, 3.8) is 0 Å². The number of nitrogens with zero attached hydrogens (tertiary/aromatic N) is 1. The molecule has 0 saturated carbocycles. The first-order chi connectivity index (χ1) is 10.5. The number of esters is 1. The molecule has 5 atom stereocenters. The van der Waals surface area contributed by atoms with E-state index in [1.807, 2.05) is 24.0 Å². The van der Waals surface area contributed by atoms with E-state index < -0.39 is 17.4 Å². The highest BCUT2D eigenvalue weighted by Gasteiger charge is 2.67. The van der Waals surface area contributed by atoms with Crippen molar-refractivity contribution in [1.29, 1.82) is 0 Å². The minimum Gasteiger partial charge on any atom is -0.465 e. The van der Waals surface area contributed by atoms with E-state index in [1.54, 1.807) is 0 Å². The zero-order chi connectivity index (χ0) is 15.9. The Balaban J connectivity index is 1.79. The summed E-state index contributed by atoms with van der Waals surface area (Å²) in [6.07, 6.45) is 6.33. The number of carbonyl (C=O) groups is 2. The molecule has 122 valence electrons. The van der Waals surface area contributed by atoms with Crippen molar-refractivity contribution in [1.82, 2.24) is 4.90 Å².